The molecule has 0 aliphatic rings. The number of aromatic nitrogens is 1. The van der Waals surface area contributed by atoms with Crippen LogP contribution in [0.25, 0.3) is 0 Å². The summed E-state index contributed by atoms with van der Waals surface area (Å²) in [5.41, 5.74) is -0.437. The molecule has 1 rings (SSSR count). The number of hydrogen-bond donors (Lipinski definition) is 1. The summed E-state index contributed by atoms with van der Waals surface area (Å²) in [4.78, 5) is 4.07. The van der Waals surface area contributed by atoms with E-state index in [9.17, 15) is 0 Å². The topological polar surface area (TPSA) is 24.9 Å². The van der Waals surface area contributed by atoms with Gasteiger partial charge in [0, 0.05) is 18.0 Å². The van der Waals surface area contributed by atoms with Crippen LogP contribution in [0.15, 0.2) is 12.3 Å². The zero-order valence-corrected chi connectivity index (χ0v) is 11.1. The molecule has 1 aromatic rings. The van der Waals surface area contributed by atoms with Crippen LogP contribution in [0.5, 0.6) is 0 Å². The van der Waals surface area contributed by atoms with Crippen molar-refractivity contribution in [2.45, 2.75) is 12.5 Å². The first-order valence-electron chi connectivity index (χ1n) is 4.22. The molecule has 84 valence electrons. The van der Waals surface area contributed by atoms with Gasteiger partial charge in [-0.2, -0.15) is 0 Å². The molecule has 0 atom stereocenters. The zero-order valence-electron chi connectivity index (χ0n) is 8.03. The minimum atomic E-state index is -0.437. The van der Waals surface area contributed by atoms with E-state index in [1.54, 1.807) is 6.07 Å². The molecule has 0 aliphatic heterocycles. The minimum absolute atomic E-state index is 0.358. The Labute approximate surface area is 109 Å². The molecular weight excluding hydrogens is 278 g/mol. The molecule has 6 heteroatoms. The first kappa shape index (κ1) is 13.2. The van der Waals surface area contributed by atoms with Crippen molar-refractivity contribution in [3.8, 4) is 0 Å². The summed E-state index contributed by atoms with van der Waals surface area (Å²) in [5, 5.41) is 4.02. The number of halogens is 4. The molecule has 1 N–H and O–H groups in total. The van der Waals surface area contributed by atoms with Crippen LogP contribution in [0.1, 0.15) is 6.92 Å². The quantitative estimate of drug-likeness (QED) is 0.846. The molecule has 1 heterocycles. The van der Waals surface area contributed by atoms with Crippen LogP contribution < -0.4 is 5.32 Å². The first-order chi connectivity index (χ1) is 7.00. The molecule has 1 aromatic heterocycles. The minimum Gasteiger partial charge on any atom is -0.361 e. The summed E-state index contributed by atoms with van der Waals surface area (Å²) in [6, 6.07) is 1.61. The van der Waals surface area contributed by atoms with Crippen molar-refractivity contribution in [1.29, 1.82) is 0 Å². The molecule has 0 spiro atoms. The third-order valence-electron chi connectivity index (χ3n) is 1.82. The molecule has 0 aliphatic carbocycles. The van der Waals surface area contributed by atoms with Gasteiger partial charge in [0.2, 0.25) is 0 Å². The lowest BCUT2D eigenvalue weighted by atomic mass is 10.1. The summed E-state index contributed by atoms with van der Waals surface area (Å²) in [5.74, 6) is 1.25. The number of alkyl halides is 2. The van der Waals surface area contributed by atoms with Gasteiger partial charge in [0.15, 0.2) is 0 Å². The Kier molecular flexibility index (Phi) is 4.78. The summed E-state index contributed by atoms with van der Waals surface area (Å²) in [6.07, 6.45) is 1.51. The molecule has 0 saturated heterocycles. The van der Waals surface area contributed by atoms with Crippen molar-refractivity contribution in [3.63, 3.8) is 0 Å². The van der Waals surface area contributed by atoms with Crippen molar-refractivity contribution < 1.29 is 0 Å². The van der Waals surface area contributed by atoms with E-state index < -0.39 is 5.54 Å². The lowest BCUT2D eigenvalue weighted by Crippen LogP contribution is -2.39. The van der Waals surface area contributed by atoms with Crippen molar-refractivity contribution in [3.05, 3.63) is 22.3 Å². The van der Waals surface area contributed by atoms with Crippen molar-refractivity contribution in [2.24, 2.45) is 0 Å². The molecule has 15 heavy (non-hydrogen) atoms. The van der Waals surface area contributed by atoms with Crippen LogP contribution in [0, 0.1) is 0 Å². The molecule has 0 bridgehead atoms. The van der Waals surface area contributed by atoms with Gasteiger partial charge in [0.05, 0.1) is 15.6 Å². The maximum atomic E-state index is 5.95. The fourth-order valence-electron chi connectivity index (χ4n) is 0.895. The van der Waals surface area contributed by atoms with Crippen LogP contribution in [-0.4, -0.2) is 22.3 Å². The molecular formula is C9H10Cl4N2. The lowest BCUT2D eigenvalue weighted by molar-refractivity contribution is 0.645. The number of nitrogens with one attached hydrogen (secondary N) is 1. The highest BCUT2D eigenvalue weighted by atomic mass is 35.5. The average molecular weight is 288 g/mol. The number of rotatable bonds is 4. The van der Waals surface area contributed by atoms with Gasteiger partial charge in [-0.25, -0.2) is 4.98 Å². The molecule has 0 radical (unpaired) electrons. The Hall–Kier alpha value is 0.110. The molecule has 0 saturated carbocycles. The van der Waals surface area contributed by atoms with Gasteiger partial charge < -0.3 is 5.32 Å². The van der Waals surface area contributed by atoms with Gasteiger partial charge in [-0.05, 0) is 13.0 Å². The van der Waals surface area contributed by atoms with Gasteiger partial charge in [-0.15, -0.1) is 23.2 Å². The Bertz CT molecular complexity index is 339. The highest BCUT2D eigenvalue weighted by Crippen LogP contribution is 2.26. The largest absolute Gasteiger partial charge is 0.361 e. The van der Waals surface area contributed by atoms with Crippen LogP contribution in [0.2, 0.25) is 10.0 Å². The van der Waals surface area contributed by atoms with Crippen LogP contribution in [-0.2, 0) is 0 Å². The standard InChI is InChI=1S/C9H10Cl4N2/c1-9(4-10,5-11)15-8-7(13)2-6(12)3-14-8/h2-3H,4-5H2,1H3,(H,14,15). The van der Waals surface area contributed by atoms with E-state index >= 15 is 0 Å². The third-order valence-corrected chi connectivity index (χ3v) is 3.49. The maximum Gasteiger partial charge on any atom is 0.145 e. The first-order valence-corrected chi connectivity index (χ1v) is 6.04. The van der Waals surface area contributed by atoms with Crippen molar-refractivity contribution >= 4 is 52.2 Å². The maximum absolute atomic E-state index is 5.95. The predicted molar refractivity (Wildman–Crippen MR) is 67.7 cm³/mol. The fourth-order valence-corrected chi connectivity index (χ4v) is 1.74. The predicted octanol–water partition coefficient (Wildman–Crippen LogP) is 4.04. The van der Waals surface area contributed by atoms with Crippen LogP contribution in [0.4, 0.5) is 5.82 Å². The van der Waals surface area contributed by atoms with Gasteiger partial charge in [-0.3, -0.25) is 0 Å². The summed E-state index contributed by atoms with van der Waals surface area (Å²) in [6.45, 7) is 1.89. The van der Waals surface area contributed by atoms with Crippen LogP contribution in [0.3, 0.4) is 0 Å². The van der Waals surface area contributed by atoms with Crippen LogP contribution >= 0.6 is 46.4 Å². The Morgan fingerprint density at radius 1 is 1.33 bits per heavy atom. The Morgan fingerprint density at radius 3 is 2.40 bits per heavy atom. The summed E-state index contributed by atoms with van der Waals surface area (Å²) < 4.78 is 0. The van der Waals surface area contributed by atoms with E-state index in [-0.39, 0.29) is 0 Å². The van der Waals surface area contributed by atoms with E-state index in [4.69, 9.17) is 46.4 Å². The van der Waals surface area contributed by atoms with E-state index in [1.165, 1.54) is 6.20 Å². The molecule has 0 amide bonds. The number of pyridine rings is 1. The molecule has 0 aromatic carbocycles. The molecule has 0 fully saturated rings. The highest BCUT2D eigenvalue weighted by Gasteiger charge is 2.23. The highest BCUT2D eigenvalue weighted by molar-refractivity contribution is 6.36. The monoisotopic (exact) mass is 286 g/mol. The number of anilines is 1. The van der Waals surface area contributed by atoms with E-state index in [2.05, 4.69) is 10.3 Å². The van der Waals surface area contributed by atoms with E-state index in [0.29, 0.717) is 27.6 Å². The van der Waals surface area contributed by atoms with Gasteiger partial charge in [0.1, 0.15) is 5.82 Å². The molecule has 2 nitrogen and oxygen atoms in total. The van der Waals surface area contributed by atoms with E-state index in [0.717, 1.165) is 0 Å². The Balaban J connectivity index is 2.89. The zero-order chi connectivity index (χ0) is 11.5. The summed E-state index contributed by atoms with van der Waals surface area (Å²) >= 11 is 23.3. The second kappa shape index (κ2) is 5.44. The van der Waals surface area contributed by atoms with Gasteiger partial charge in [0.25, 0.3) is 0 Å². The lowest BCUT2D eigenvalue weighted by Gasteiger charge is -2.26. The van der Waals surface area contributed by atoms with Gasteiger partial charge in [-0.1, -0.05) is 23.2 Å². The Morgan fingerprint density at radius 2 is 1.93 bits per heavy atom. The van der Waals surface area contributed by atoms with Crippen molar-refractivity contribution in [2.75, 3.05) is 17.1 Å². The number of nitrogens with zero attached hydrogens (tertiary/aromatic N) is 1. The second-order valence-corrected chi connectivity index (χ2v) is 4.82. The smallest absolute Gasteiger partial charge is 0.145 e. The fraction of sp³-hybridized carbons (Fsp3) is 0.444. The SMILES string of the molecule is CC(CCl)(CCl)Nc1ncc(Cl)cc1Cl. The second-order valence-electron chi connectivity index (χ2n) is 3.44. The third kappa shape index (κ3) is 3.56. The molecule has 0 unspecified atom stereocenters. The van der Waals surface area contributed by atoms with E-state index in [1.807, 2.05) is 6.92 Å². The number of hydrogen-bond acceptors (Lipinski definition) is 2. The van der Waals surface area contributed by atoms with Crippen molar-refractivity contribution in [1.82, 2.24) is 4.98 Å². The van der Waals surface area contributed by atoms with Gasteiger partial charge >= 0.3 is 0 Å². The summed E-state index contributed by atoms with van der Waals surface area (Å²) in [7, 11) is 0. The normalized spacial score (nSPS) is 11.5. The average Bonchev–Trinajstić information content (AvgIpc) is 2.22.